The number of alkyl halides is 5. The van der Waals surface area contributed by atoms with E-state index in [2.05, 4.69) is 4.74 Å². The molecule has 0 aromatic heterocycles. The Kier molecular flexibility index (Phi) is 3.69. The number of hydrogen-bond acceptors (Lipinski definition) is 2. The molecule has 1 aromatic rings. The molecule has 1 atom stereocenters. The molecular weight excluding hydrogens is 235 g/mol. The Morgan fingerprint density at radius 2 is 1.81 bits per heavy atom. The van der Waals surface area contributed by atoms with Crippen LogP contribution in [0.2, 0.25) is 0 Å². The van der Waals surface area contributed by atoms with Crippen molar-refractivity contribution in [2.75, 3.05) is 0 Å². The van der Waals surface area contributed by atoms with Gasteiger partial charge in [-0.2, -0.15) is 22.0 Å². The average Bonchev–Trinajstić information content (AvgIpc) is 2.14. The zero-order valence-electron chi connectivity index (χ0n) is 7.71. The first-order valence-corrected chi connectivity index (χ1v) is 4.10. The van der Waals surface area contributed by atoms with Gasteiger partial charge in [-0.15, -0.1) is 0 Å². The van der Waals surface area contributed by atoms with Crippen molar-refractivity contribution in [3.8, 4) is 5.75 Å². The Hall–Kier alpha value is -1.37. The summed E-state index contributed by atoms with van der Waals surface area (Å²) < 4.78 is 63.7. The molecule has 0 aliphatic heterocycles. The van der Waals surface area contributed by atoms with Crippen LogP contribution in [-0.2, 0) is 0 Å². The molecule has 0 aliphatic carbocycles. The molecule has 1 aromatic carbocycles. The molecule has 0 amide bonds. The number of rotatable bonds is 3. The van der Waals surface area contributed by atoms with Crippen LogP contribution < -0.4 is 4.74 Å². The first kappa shape index (κ1) is 12.7. The van der Waals surface area contributed by atoms with E-state index in [1.165, 1.54) is 0 Å². The summed E-state index contributed by atoms with van der Waals surface area (Å²) in [6, 6.07) is 3.83. The predicted octanol–water partition coefficient (Wildman–Crippen LogP) is 2.88. The van der Waals surface area contributed by atoms with E-state index in [-0.39, 0.29) is 0 Å². The first-order valence-electron chi connectivity index (χ1n) is 4.10. The lowest BCUT2D eigenvalue weighted by Crippen LogP contribution is -2.20. The van der Waals surface area contributed by atoms with Gasteiger partial charge in [-0.25, -0.2) is 0 Å². The van der Waals surface area contributed by atoms with Gasteiger partial charge in [-0.3, -0.25) is 0 Å². The van der Waals surface area contributed by atoms with Gasteiger partial charge in [-0.1, -0.05) is 12.1 Å². The topological polar surface area (TPSA) is 29.5 Å². The fraction of sp³-hybridized carbons (Fsp3) is 0.333. The third kappa shape index (κ3) is 3.34. The molecule has 16 heavy (non-hydrogen) atoms. The van der Waals surface area contributed by atoms with E-state index in [1.54, 1.807) is 0 Å². The molecule has 0 saturated heterocycles. The standard InChI is InChI=1S/C9H7F5O2/c10-8(11)16-6-3-1-2-5(4-6)7(15)9(12,13)14/h1-4,7-8,15H/t7-/m0/s1. The highest BCUT2D eigenvalue weighted by molar-refractivity contribution is 5.30. The van der Waals surface area contributed by atoms with Gasteiger partial charge >= 0.3 is 12.8 Å². The summed E-state index contributed by atoms with van der Waals surface area (Å²) in [5.41, 5.74) is -0.550. The molecule has 90 valence electrons. The minimum Gasteiger partial charge on any atom is -0.435 e. The maximum absolute atomic E-state index is 12.1. The second kappa shape index (κ2) is 4.65. The molecule has 0 aliphatic rings. The maximum Gasteiger partial charge on any atom is 0.418 e. The number of ether oxygens (including phenoxy) is 1. The lowest BCUT2D eigenvalue weighted by atomic mass is 10.1. The van der Waals surface area contributed by atoms with E-state index >= 15 is 0 Å². The first-order chi connectivity index (χ1) is 7.30. The van der Waals surface area contributed by atoms with E-state index in [4.69, 9.17) is 5.11 Å². The second-order valence-corrected chi connectivity index (χ2v) is 2.90. The minimum atomic E-state index is -4.84. The van der Waals surface area contributed by atoms with Crippen LogP contribution in [0.5, 0.6) is 5.75 Å². The van der Waals surface area contributed by atoms with Crippen molar-refractivity contribution in [2.24, 2.45) is 0 Å². The van der Waals surface area contributed by atoms with Crippen molar-refractivity contribution >= 4 is 0 Å². The molecule has 7 heteroatoms. The third-order valence-corrected chi connectivity index (χ3v) is 1.71. The van der Waals surface area contributed by atoms with Crippen molar-refractivity contribution in [2.45, 2.75) is 18.9 Å². The quantitative estimate of drug-likeness (QED) is 0.826. The summed E-state index contributed by atoms with van der Waals surface area (Å²) in [7, 11) is 0. The van der Waals surface area contributed by atoms with Gasteiger partial charge in [0.2, 0.25) is 0 Å². The minimum absolute atomic E-state index is 0.434. The zero-order chi connectivity index (χ0) is 12.3. The van der Waals surface area contributed by atoms with Gasteiger partial charge in [-0.05, 0) is 17.7 Å². The van der Waals surface area contributed by atoms with Gasteiger partial charge in [0.05, 0.1) is 0 Å². The van der Waals surface area contributed by atoms with E-state index in [1.807, 2.05) is 0 Å². The summed E-state index contributed by atoms with van der Waals surface area (Å²) >= 11 is 0. The highest BCUT2D eigenvalue weighted by atomic mass is 19.4. The Morgan fingerprint density at radius 1 is 1.19 bits per heavy atom. The summed E-state index contributed by atoms with van der Waals surface area (Å²) in [4.78, 5) is 0. The number of hydrogen-bond donors (Lipinski definition) is 1. The molecule has 0 fully saturated rings. The van der Waals surface area contributed by atoms with Gasteiger partial charge < -0.3 is 9.84 Å². The van der Waals surface area contributed by atoms with Gasteiger partial charge in [0, 0.05) is 0 Å². The van der Waals surface area contributed by atoms with Crippen LogP contribution in [-0.4, -0.2) is 17.9 Å². The van der Waals surface area contributed by atoms with Gasteiger partial charge in [0.15, 0.2) is 6.10 Å². The van der Waals surface area contributed by atoms with Crippen LogP contribution in [0.3, 0.4) is 0 Å². The second-order valence-electron chi connectivity index (χ2n) is 2.90. The van der Waals surface area contributed by atoms with E-state index in [0.29, 0.717) is 6.07 Å². The van der Waals surface area contributed by atoms with Crippen molar-refractivity contribution in [1.29, 1.82) is 0 Å². The predicted molar refractivity (Wildman–Crippen MR) is 44.1 cm³/mol. The zero-order valence-corrected chi connectivity index (χ0v) is 7.71. The highest BCUT2D eigenvalue weighted by Crippen LogP contribution is 2.33. The smallest absolute Gasteiger partial charge is 0.418 e. The van der Waals surface area contributed by atoms with Crippen LogP contribution in [0.25, 0.3) is 0 Å². The molecule has 1 rings (SSSR count). The summed E-state index contributed by atoms with van der Waals surface area (Å²) in [6.45, 7) is -3.13. The van der Waals surface area contributed by atoms with Crippen LogP contribution in [0, 0.1) is 0 Å². The van der Waals surface area contributed by atoms with Crippen LogP contribution >= 0.6 is 0 Å². The van der Waals surface area contributed by atoms with Crippen molar-refractivity contribution < 1.29 is 31.8 Å². The highest BCUT2D eigenvalue weighted by Gasteiger charge is 2.39. The number of halogens is 5. The van der Waals surface area contributed by atoms with E-state index in [9.17, 15) is 22.0 Å². The third-order valence-electron chi connectivity index (χ3n) is 1.71. The molecular formula is C9H7F5O2. The fourth-order valence-electron chi connectivity index (χ4n) is 1.05. The normalized spacial score (nSPS) is 13.9. The summed E-state index contributed by atoms with van der Waals surface area (Å²) in [5.74, 6) is -0.434. The number of aliphatic hydroxyl groups is 1. The van der Waals surface area contributed by atoms with Crippen LogP contribution in [0.4, 0.5) is 22.0 Å². The average molecular weight is 242 g/mol. The van der Waals surface area contributed by atoms with Crippen LogP contribution in [0.1, 0.15) is 11.7 Å². The molecule has 0 saturated carbocycles. The number of aliphatic hydroxyl groups excluding tert-OH is 1. The summed E-state index contributed by atoms with van der Waals surface area (Å²) in [6.07, 6.45) is -7.56. The van der Waals surface area contributed by atoms with E-state index < -0.39 is 30.2 Å². The largest absolute Gasteiger partial charge is 0.435 e. The van der Waals surface area contributed by atoms with Gasteiger partial charge in [0.1, 0.15) is 5.75 Å². The Labute approximate surface area is 87.3 Å². The molecule has 2 nitrogen and oxygen atoms in total. The van der Waals surface area contributed by atoms with Crippen molar-refractivity contribution in [3.05, 3.63) is 29.8 Å². The van der Waals surface area contributed by atoms with E-state index in [0.717, 1.165) is 18.2 Å². The molecule has 0 heterocycles. The Bertz CT molecular complexity index is 350. The lowest BCUT2D eigenvalue weighted by Gasteiger charge is -2.15. The SMILES string of the molecule is O[C@@H](c1cccc(OC(F)F)c1)C(F)(F)F. The fourth-order valence-corrected chi connectivity index (χ4v) is 1.05. The van der Waals surface area contributed by atoms with Crippen LogP contribution in [0.15, 0.2) is 24.3 Å². The Balaban J connectivity index is 2.90. The summed E-state index contributed by atoms with van der Waals surface area (Å²) in [5, 5.41) is 8.85. The van der Waals surface area contributed by atoms with Crippen molar-refractivity contribution in [1.82, 2.24) is 0 Å². The number of benzene rings is 1. The lowest BCUT2D eigenvalue weighted by molar-refractivity contribution is -0.206. The van der Waals surface area contributed by atoms with Gasteiger partial charge in [0.25, 0.3) is 0 Å². The molecule has 0 unspecified atom stereocenters. The molecule has 0 radical (unpaired) electrons. The maximum atomic E-state index is 12.1. The molecule has 1 N–H and O–H groups in total. The molecule has 0 spiro atoms. The molecule has 0 bridgehead atoms. The van der Waals surface area contributed by atoms with Crippen molar-refractivity contribution in [3.63, 3.8) is 0 Å². The monoisotopic (exact) mass is 242 g/mol. The Morgan fingerprint density at radius 3 is 2.31 bits per heavy atom.